The van der Waals surface area contributed by atoms with E-state index in [1.54, 1.807) is 0 Å². The van der Waals surface area contributed by atoms with E-state index >= 15 is 0 Å². The smallest absolute Gasteiger partial charge is 0.0568 e. The predicted molar refractivity (Wildman–Crippen MR) is 96.9 cm³/mol. The van der Waals surface area contributed by atoms with Crippen LogP contribution in [0.4, 0.5) is 0 Å². The zero-order valence-electron chi connectivity index (χ0n) is 14.8. The molecule has 3 aromatic rings. The fraction of sp³-hybridized carbons (Fsp3) is 0.421. The molecule has 0 saturated carbocycles. The Balaban J connectivity index is 1.45. The molecule has 0 aromatic carbocycles. The lowest BCUT2D eigenvalue weighted by atomic mass is 9.93. The molecule has 0 N–H and O–H groups in total. The number of aryl methyl sites for hydroxylation is 2. The first-order valence-electron chi connectivity index (χ1n) is 8.83. The number of likely N-dealkylation sites (tertiary alicyclic amines) is 1. The van der Waals surface area contributed by atoms with Crippen LogP contribution < -0.4 is 0 Å². The summed E-state index contributed by atoms with van der Waals surface area (Å²) < 4.78 is 3.78. The van der Waals surface area contributed by atoms with Gasteiger partial charge in [-0.05, 0) is 31.5 Å². The number of nitrogens with zero attached hydrogens (tertiary/aromatic N) is 6. The molecular formula is C19H24N6. The Kier molecular flexibility index (Phi) is 4.36. The lowest BCUT2D eigenvalue weighted by molar-refractivity contribution is 0.194. The average molecular weight is 336 g/mol. The number of aromatic nitrogens is 5. The SMILES string of the molecule is Cn1cc(-c2ccc([C@H]3CCCN(Cc4ccnn4C)C3)nc2)cn1. The van der Waals surface area contributed by atoms with Gasteiger partial charge in [0.1, 0.15) is 0 Å². The van der Waals surface area contributed by atoms with E-state index in [-0.39, 0.29) is 0 Å². The van der Waals surface area contributed by atoms with E-state index in [0.29, 0.717) is 5.92 Å². The zero-order chi connectivity index (χ0) is 17.2. The molecule has 0 spiro atoms. The van der Waals surface area contributed by atoms with Crippen molar-refractivity contribution in [3.63, 3.8) is 0 Å². The lowest BCUT2D eigenvalue weighted by Crippen LogP contribution is -2.34. The van der Waals surface area contributed by atoms with Crippen LogP contribution in [-0.2, 0) is 20.6 Å². The van der Waals surface area contributed by atoms with Crippen molar-refractivity contribution in [2.45, 2.75) is 25.3 Å². The van der Waals surface area contributed by atoms with Gasteiger partial charge in [0.2, 0.25) is 0 Å². The van der Waals surface area contributed by atoms with Gasteiger partial charge in [-0.3, -0.25) is 19.2 Å². The molecule has 0 radical (unpaired) electrons. The molecule has 6 nitrogen and oxygen atoms in total. The maximum atomic E-state index is 4.76. The van der Waals surface area contributed by atoms with Gasteiger partial charge in [-0.25, -0.2) is 0 Å². The molecule has 0 amide bonds. The van der Waals surface area contributed by atoms with Crippen molar-refractivity contribution >= 4 is 0 Å². The highest BCUT2D eigenvalue weighted by Crippen LogP contribution is 2.28. The van der Waals surface area contributed by atoms with E-state index in [2.05, 4.69) is 33.3 Å². The molecule has 25 heavy (non-hydrogen) atoms. The van der Waals surface area contributed by atoms with Crippen LogP contribution in [-0.4, -0.2) is 42.5 Å². The lowest BCUT2D eigenvalue weighted by Gasteiger charge is -2.32. The molecule has 4 rings (SSSR count). The van der Waals surface area contributed by atoms with Crippen LogP contribution in [0.25, 0.3) is 11.1 Å². The van der Waals surface area contributed by atoms with E-state index in [1.165, 1.54) is 24.2 Å². The summed E-state index contributed by atoms with van der Waals surface area (Å²) >= 11 is 0. The van der Waals surface area contributed by atoms with Gasteiger partial charge in [0, 0.05) is 68.5 Å². The summed E-state index contributed by atoms with van der Waals surface area (Å²) in [4.78, 5) is 7.27. The van der Waals surface area contributed by atoms with Crippen molar-refractivity contribution in [1.82, 2.24) is 29.4 Å². The van der Waals surface area contributed by atoms with Crippen LogP contribution in [0.1, 0.15) is 30.1 Å². The quantitative estimate of drug-likeness (QED) is 0.735. The van der Waals surface area contributed by atoms with Crippen LogP contribution in [0.5, 0.6) is 0 Å². The van der Waals surface area contributed by atoms with Crippen molar-refractivity contribution in [3.05, 3.63) is 54.4 Å². The van der Waals surface area contributed by atoms with Gasteiger partial charge >= 0.3 is 0 Å². The molecule has 1 aliphatic heterocycles. The third kappa shape index (κ3) is 3.49. The minimum atomic E-state index is 0.505. The maximum absolute atomic E-state index is 4.76. The van der Waals surface area contributed by atoms with Gasteiger partial charge in [0.15, 0.2) is 0 Å². The van der Waals surface area contributed by atoms with Crippen molar-refractivity contribution < 1.29 is 0 Å². The fourth-order valence-electron chi connectivity index (χ4n) is 3.61. The zero-order valence-corrected chi connectivity index (χ0v) is 14.8. The normalized spacial score (nSPS) is 18.6. The molecule has 0 aliphatic carbocycles. The summed E-state index contributed by atoms with van der Waals surface area (Å²) in [5.41, 5.74) is 4.70. The van der Waals surface area contributed by atoms with E-state index < -0.39 is 0 Å². The number of rotatable bonds is 4. The summed E-state index contributed by atoms with van der Waals surface area (Å²) in [5.74, 6) is 0.505. The monoisotopic (exact) mass is 336 g/mol. The minimum absolute atomic E-state index is 0.505. The van der Waals surface area contributed by atoms with Crippen molar-refractivity contribution in [1.29, 1.82) is 0 Å². The van der Waals surface area contributed by atoms with Crippen molar-refractivity contribution in [2.24, 2.45) is 14.1 Å². The Morgan fingerprint density at radius 1 is 1.08 bits per heavy atom. The summed E-state index contributed by atoms with van der Waals surface area (Å²) in [6.07, 6.45) is 10.2. The summed E-state index contributed by atoms with van der Waals surface area (Å²) in [6, 6.07) is 6.45. The Morgan fingerprint density at radius 3 is 2.68 bits per heavy atom. The Labute approximate surface area is 148 Å². The average Bonchev–Trinajstić information content (AvgIpc) is 3.24. The molecule has 0 unspecified atom stereocenters. The Morgan fingerprint density at radius 2 is 2.00 bits per heavy atom. The van der Waals surface area contributed by atoms with E-state index in [1.807, 2.05) is 48.2 Å². The molecule has 4 heterocycles. The number of hydrogen-bond acceptors (Lipinski definition) is 4. The molecule has 6 heteroatoms. The first-order chi connectivity index (χ1) is 12.2. The van der Waals surface area contributed by atoms with Gasteiger partial charge in [-0.1, -0.05) is 6.07 Å². The van der Waals surface area contributed by atoms with Gasteiger partial charge in [0.05, 0.1) is 11.9 Å². The third-order valence-electron chi connectivity index (χ3n) is 5.06. The van der Waals surface area contributed by atoms with Gasteiger partial charge in [-0.15, -0.1) is 0 Å². The van der Waals surface area contributed by atoms with E-state index in [9.17, 15) is 0 Å². The molecule has 1 aliphatic rings. The molecule has 1 fully saturated rings. The highest BCUT2D eigenvalue weighted by molar-refractivity contribution is 5.60. The van der Waals surface area contributed by atoms with Gasteiger partial charge in [0.25, 0.3) is 0 Å². The van der Waals surface area contributed by atoms with Crippen LogP contribution >= 0.6 is 0 Å². The van der Waals surface area contributed by atoms with Crippen LogP contribution in [0.15, 0.2) is 43.0 Å². The van der Waals surface area contributed by atoms with Gasteiger partial charge < -0.3 is 0 Å². The van der Waals surface area contributed by atoms with Crippen molar-refractivity contribution in [2.75, 3.05) is 13.1 Å². The second-order valence-corrected chi connectivity index (χ2v) is 6.89. The molecule has 1 saturated heterocycles. The topological polar surface area (TPSA) is 51.8 Å². The predicted octanol–water partition coefficient (Wildman–Crippen LogP) is 2.60. The molecule has 0 bridgehead atoms. The second kappa shape index (κ2) is 6.80. The molecule has 1 atom stereocenters. The minimum Gasteiger partial charge on any atom is -0.297 e. The maximum Gasteiger partial charge on any atom is 0.0568 e. The highest BCUT2D eigenvalue weighted by atomic mass is 15.3. The molecule has 3 aromatic heterocycles. The van der Waals surface area contributed by atoms with Crippen molar-refractivity contribution in [3.8, 4) is 11.1 Å². The first-order valence-corrected chi connectivity index (χ1v) is 8.83. The van der Waals surface area contributed by atoms with Crippen LogP contribution in [0.3, 0.4) is 0 Å². The summed E-state index contributed by atoms with van der Waals surface area (Å²) in [5, 5.41) is 8.50. The summed E-state index contributed by atoms with van der Waals surface area (Å²) in [6.45, 7) is 3.17. The van der Waals surface area contributed by atoms with Crippen LogP contribution in [0.2, 0.25) is 0 Å². The third-order valence-corrected chi connectivity index (χ3v) is 5.06. The largest absolute Gasteiger partial charge is 0.297 e. The van der Waals surface area contributed by atoms with Gasteiger partial charge in [-0.2, -0.15) is 10.2 Å². The second-order valence-electron chi connectivity index (χ2n) is 6.89. The number of piperidine rings is 1. The molecule has 130 valence electrons. The first kappa shape index (κ1) is 16.0. The van der Waals surface area contributed by atoms with E-state index in [0.717, 1.165) is 30.8 Å². The highest BCUT2D eigenvalue weighted by Gasteiger charge is 2.23. The number of hydrogen-bond donors (Lipinski definition) is 0. The van der Waals surface area contributed by atoms with Crippen LogP contribution in [0, 0.1) is 0 Å². The number of pyridine rings is 1. The Hall–Kier alpha value is -2.47. The molecular weight excluding hydrogens is 312 g/mol. The summed E-state index contributed by atoms with van der Waals surface area (Å²) in [7, 11) is 3.94. The van der Waals surface area contributed by atoms with E-state index in [4.69, 9.17) is 4.98 Å². The fourth-order valence-corrected chi connectivity index (χ4v) is 3.61. The standard InChI is InChI=1S/C19H24N6/c1-23-12-17(11-22-23)15-5-6-19(20-10-15)16-4-3-9-25(13-16)14-18-7-8-21-24(18)2/h5-8,10-12,16H,3-4,9,13-14H2,1-2H3/t16-/m0/s1. The Bertz CT molecular complexity index is 832.